The number of hydrogen-bond acceptors (Lipinski definition) is 5. The number of anilines is 1. The van der Waals surface area contributed by atoms with Crippen molar-refractivity contribution in [1.29, 1.82) is 0 Å². The van der Waals surface area contributed by atoms with E-state index in [9.17, 15) is 13.2 Å². The number of alkyl halides is 3. The molecule has 0 unspecified atom stereocenters. The molecule has 0 bridgehead atoms. The van der Waals surface area contributed by atoms with Crippen molar-refractivity contribution in [3.05, 3.63) is 18.0 Å². The van der Waals surface area contributed by atoms with Crippen LogP contribution in [-0.2, 0) is 15.7 Å². The lowest BCUT2D eigenvalue weighted by atomic mass is 9.92. The van der Waals surface area contributed by atoms with Crippen LogP contribution in [0, 0.1) is 0 Å². The van der Waals surface area contributed by atoms with Crippen molar-refractivity contribution in [2.75, 3.05) is 37.8 Å². The highest BCUT2D eigenvalue weighted by molar-refractivity contribution is 5.32. The lowest BCUT2D eigenvalue weighted by Crippen LogP contribution is -2.55. The molecule has 0 radical (unpaired) electrons. The van der Waals surface area contributed by atoms with Gasteiger partial charge in [-0.25, -0.2) is 9.97 Å². The average Bonchev–Trinajstić information content (AvgIpc) is 2.47. The topological polar surface area (TPSA) is 47.5 Å². The predicted octanol–water partition coefficient (Wildman–Crippen LogP) is 1.88. The van der Waals surface area contributed by atoms with Crippen molar-refractivity contribution in [2.24, 2.45) is 0 Å². The molecule has 8 heteroatoms. The highest BCUT2D eigenvalue weighted by Crippen LogP contribution is 2.32. The van der Waals surface area contributed by atoms with E-state index >= 15 is 0 Å². The van der Waals surface area contributed by atoms with E-state index in [-0.39, 0.29) is 11.5 Å². The molecule has 0 aromatic carbocycles. The quantitative estimate of drug-likeness (QED) is 0.793. The monoisotopic (exact) mass is 303 g/mol. The minimum atomic E-state index is -4.46. The Morgan fingerprint density at radius 2 is 1.95 bits per heavy atom. The van der Waals surface area contributed by atoms with Crippen LogP contribution in [0.5, 0.6) is 0 Å². The van der Waals surface area contributed by atoms with E-state index in [4.69, 9.17) is 9.47 Å². The Morgan fingerprint density at radius 1 is 1.19 bits per heavy atom. The molecule has 2 fully saturated rings. The Balaban J connectivity index is 1.80. The minimum absolute atomic E-state index is 0.110. The lowest BCUT2D eigenvalue weighted by molar-refractivity contribution is -0.141. The normalized spacial score (nSPS) is 22.5. The first-order valence-electron chi connectivity index (χ1n) is 6.85. The molecule has 3 rings (SSSR count). The zero-order valence-corrected chi connectivity index (χ0v) is 11.4. The molecule has 1 spiro atoms. The van der Waals surface area contributed by atoms with E-state index in [2.05, 4.69) is 9.97 Å². The van der Waals surface area contributed by atoms with E-state index in [1.807, 2.05) is 0 Å². The number of nitrogens with zero attached hydrogens (tertiary/aromatic N) is 3. The maximum Gasteiger partial charge on any atom is 0.433 e. The summed E-state index contributed by atoms with van der Waals surface area (Å²) in [5, 5.41) is 0. The van der Waals surface area contributed by atoms with Crippen molar-refractivity contribution in [3.8, 4) is 0 Å². The van der Waals surface area contributed by atoms with Crippen LogP contribution in [0.25, 0.3) is 0 Å². The van der Waals surface area contributed by atoms with Gasteiger partial charge in [0.1, 0.15) is 5.69 Å². The highest BCUT2D eigenvalue weighted by atomic mass is 19.4. The molecule has 2 aliphatic rings. The van der Waals surface area contributed by atoms with Gasteiger partial charge < -0.3 is 14.4 Å². The van der Waals surface area contributed by atoms with Gasteiger partial charge >= 0.3 is 6.18 Å². The summed E-state index contributed by atoms with van der Waals surface area (Å²) in [7, 11) is 0. The summed E-state index contributed by atoms with van der Waals surface area (Å²) < 4.78 is 49.4. The molecule has 1 aromatic rings. The summed E-state index contributed by atoms with van der Waals surface area (Å²) in [6.45, 7) is 2.66. The van der Waals surface area contributed by atoms with Gasteiger partial charge in [0.25, 0.3) is 0 Å². The first-order valence-corrected chi connectivity index (χ1v) is 6.85. The summed E-state index contributed by atoms with van der Waals surface area (Å²) in [5.41, 5.74) is -1.27. The van der Waals surface area contributed by atoms with Gasteiger partial charge in [0, 0.05) is 38.8 Å². The molecule has 3 heterocycles. The van der Waals surface area contributed by atoms with Crippen LogP contribution >= 0.6 is 0 Å². The first-order chi connectivity index (χ1) is 9.99. The largest absolute Gasteiger partial charge is 0.433 e. The zero-order chi connectivity index (χ0) is 14.9. The Hall–Kier alpha value is -1.41. The third-order valence-electron chi connectivity index (χ3n) is 3.87. The molecular weight excluding hydrogens is 287 g/mol. The van der Waals surface area contributed by atoms with Gasteiger partial charge in [0.15, 0.2) is 0 Å². The van der Waals surface area contributed by atoms with Gasteiger partial charge in [-0.1, -0.05) is 0 Å². The van der Waals surface area contributed by atoms with Crippen molar-refractivity contribution >= 4 is 5.95 Å². The molecule has 0 aliphatic carbocycles. The standard InChI is InChI=1S/C13H16F3N3O2/c14-13(15,16)10-1-4-17-11(18-10)19-5-8-21-12(9-19)2-6-20-7-3-12/h1,4H,2-3,5-9H2. The smallest absolute Gasteiger partial charge is 0.381 e. The Morgan fingerprint density at radius 3 is 2.67 bits per heavy atom. The maximum atomic E-state index is 12.7. The maximum absolute atomic E-state index is 12.7. The summed E-state index contributed by atoms with van der Waals surface area (Å²) in [5.74, 6) is 0.110. The zero-order valence-electron chi connectivity index (χ0n) is 11.4. The molecule has 1 aromatic heterocycles. The van der Waals surface area contributed by atoms with Crippen molar-refractivity contribution in [3.63, 3.8) is 0 Å². The number of aromatic nitrogens is 2. The second-order valence-corrected chi connectivity index (χ2v) is 5.31. The van der Waals surface area contributed by atoms with Crippen LogP contribution in [0.15, 0.2) is 12.3 Å². The Kier molecular flexibility index (Phi) is 3.75. The molecule has 2 aliphatic heterocycles. The number of halogens is 3. The fraction of sp³-hybridized carbons (Fsp3) is 0.692. The van der Waals surface area contributed by atoms with Crippen LogP contribution < -0.4 is 4.90 Å². The average molecular weight is 303 g/mol. The number of morpholine rings is 1. The highest BCUT2D eigenvalue weighted by Gasteiger charge is 2.40. The second kappa shape index (κ2) is 5.42. The summed E-state index contributed by atoms with van der Waals surface area (Å²) >= 11 is 0. The Labute approximate surface area is 120 Å². The van der Waals surface area contributed by atoms with E-state index in [1.165, 1.54) is 0 Å². The van der Waals surface area contributed by atoms with Crippen LogP contribution in [-0.4, -0.2) is 48.5 Å². The summed E-state index contributed by atoms with van der Waals surface area (Å²) in [4.78, 5) is 9.40. The summed E-state index contributed by atoms with van der Waals surface area (Å²) in [6, 6.07) is 0.883. The van der Waals surface area contributed by atoms with Crippen LogP contribution in [0.2, 0.25) is 0 Å². The third kappa shape index (κ3) is 3.11. The number of ether oxygens (including phenoxy) is 2. The molecule has 0 N–H and O–H groups in total. The number of rotatable bonds is 1. The lowest BCUT2D eigenvalue weighted by Gasteiger charge is -2.44. The summed E-state index contributed by atoms with van der Waals surface area (Å²) in [6.07, 6.45) is -1.83. The number of hydrogen-bond donors (Lipinski definition) is 0. The SMILES string of the molecule is FC(F)(F)c1ccnc(N2CCOC3(CCOCC3)C2)n1. The van der Waals surface area contributed by atoms with Gasteiger partial charge in [-0.15, -0.1) is 0 Å². The van der Waals surface area contributed by atoms with Crippen molar-refractivity contribution in [2.45, 2.75) is 24.6 Å². The van der Waals surface area contributed by atoms with Gasteiger partial charge in [-0.2, -0.15) is 13.2 Å². The van der Waals surface area contributed by atoms with E-state index < -0.39 is 11.9 Å². The van der Waals surface area contributed by atoms with E-state index in [1.54, 1.807) is 4.90 Å². The second-order valence-electron chi connectivity index (χ2n) is 5.31. The van der Waals surface area contributed by atoms with E-state index in [0.29, 0.717) is 32.9 Å². The molecule has 0 amide bonds. The van der Waals surface area contributed by atoms with Gasteiger partial charge in [0.2, 0.25) is 5.95 Å². The molecule has 0 atom stereocenters. The fourth-order valence-corrected chi connectivity index (χ4v) is 2.72. The molecule has 116 valence electrons. The third-order valence-corrected chi connectivity index (χ3v) is 3.87. The van der Waals surface area contributed by atoms with Crippen LogP contribution in [0.4, 0.5) is 19.1 Å². The van der Waals surface area contributed by atoms with Crippen LogP contribution in [0.3, 0.4) is 0 Å². The fourth-order valence-electron chi connectivity index (χ4n) is 2.72. The minimum Gasteiger partial charge on any atom is -0.381 e. The van der Waals surface area contributed by atoms with Gasteiger partial charge in [0.05, 0.1) is 18.8 Å². The molecule has 5 nitrogen and oxygen atoms in total. The first kappa shape index (κ1) is 14.5. The molecule has 0 saturated carbocycles. The van der Waals surface area contributed by atoms with E-state index in [0.717, 1.165) is 25.1 Å². The molecule has 2 saturated heterocycles. The van der Waals surface area contributed by atoms with Crippen molar-refractivity contribution < 1.29 is 22.6 Å². The molecular formula is C13H16F3N3O2. The molecule has 21 heavy (non-hydrogen) atoms. The van der Waals surface area contributed by atoms with Gasteiger partial charge in [-0.05, 0) is 6.07 Å². The van der Waals surface area contributed by atoms with Gasteiger partial charge in [-0.3, -0.25) is 0 Å². The van der Waals surface area contributed by atoms with Crippen LogP contribution in [0.1, 0.15) is 18.5 Å². The Bertz CT molecular complexity index is 498. The van der Waals surface area contributed by atoms with Crippen molar-refractivity contribution in [1.82, 2.24) is 9.97 Å². The predicted molar refractivity (Wildman–Crippen MR) is 68.0 cm³/mol.